The van der Waals surface area contributed by atoms with E-state index in [0.717, 1.165) is 38.5 Å². The smallest absolute Gasteiger partial charge is 0.253 e. The molecule has 11 aromatic carbocycles. The molecule has 0 atom stereocenters. The summed E-state index contributed by atoms with van der Waals surface area (Å²) in [4.78, 5) is 0. The van der Waals surface area contributed by atoms with E-state index in [-0.39, 0.29) is 60.9 Å². The Morgan fingerprint density at radius 1 is 0.321 bits per heavy atom. The molecule has 6 aliphatic rings. The minimum absolute atomic E-state index is 0.0681. The Bertz CT molecular complexity index is 6200. The first kappa shape index (κ1) is 73.3. The summed E-state index contributed by atoms with van der Waals surface area (Å²) in [6.45, 7) is 64.2. The van der Waals surface area contributed by atoms with E-state index in [2.05, 4.69) is 365 Å². The molecule has 112 heavy (non-hydrogen) atoms. The number of nitrogens with zero attached hydrogens (tertiary/aromatic N) is 2. The molecule has 568 valence electrons. The van der Waals surface area contributed by atoms with Crippen LogP contribution in [0.15, 0.2) is 176 Å². The number of hydrogen-bond donors (Lipinski definition) is 0. The third kappa shape index (κ3) is 10.1. The van der Waals surface area contributed by atoms with Crippen molar-refractivity contribution in [3.63, 3.8) is 0 Å². The molecule has 5 heterocycles. The lowest BCUT2D eigenvalue weighted by molar-refractivity contribution is 0.332. The van der Waals surface area contributed by atoms with Crippen molar-refractivity contribution in [1.29, 1.82) is 0 Å². The van der Waals surface area contributed by atoms with Gasteiger partial charge in [-0.3, -0.25) is 0 Å². The second kappa shape index (κ2) is 23.2. The molecular weight excluding hydrogens is 1350 g/mol. The van der Waals surface area contributed by atoms with Gasteiger partial charge in [0.15, 0.2) is 0 Å². The molecule has 3 aliphatic carbocycles. The predicted octanol–water partition coefficient (Wildman–Crippen LogP) is 27.6. The maximum absolute atomic E-state index is 2.96. The Hall–Kier alpha value is -8.92. The standard InChI is InChI=1S/C109H119BN2/c1-27-103(15,16)69-54-77-78-55-70(104(17,18)28-2)57-89-95(78)112-94(77)88(56-69)109(81-39-33-31-37-72(81)73-38-32-34-40-82(73)109)83-41-42-90-93(98(83)112)110(89)92-71-36-30-29-35-62(71)51-80-91(76-60-86-84(105(19,20)43-45-107(86,23)24)58-74(76)63-47-65(99(3,4)5)52-66(48-63)100(6,7)8)96(111(90)97(80)92)79-61-87-85(106(21,22)44-46-108(87,25)26)59-75(79)64-49-67(101(9,10)11)53-68(50-64)102(12,13)14/h29-42,47-61H,27-28,43-46H2,1-26H3. The van der Waals surface area contributed by atoms with Crippen LogP contribution in [0.25, 0.3) is 111 Å². The van der Waals surface area contributed by atoms with Crippen LogP contribution >= 0.6 is 0 Å². The van der Waals surface area contributed by atoms with Gasteiger partial charge in [0.25, 0.3) is 6.71 Å². The molecule has 13 aromatic rings. The van der Waals surface area contributed by atoms with Gasteiger partial charge in [-0.25, -0.2) is 0 Å². The van der Waals surface area contributed by atoms with Crippen molar-refractivity contribution in [3.8, 4) is 67.1 Å². The molecule has 2 nitrogen and oxygen atoms in total. The summed E-state index contributed by atoms with van der Waals surface area (Å²) in [6.07, 6.45) is 6.48. The van der Waals surface area contributed by atoms with Gasteiger partial charge in [-0.05, 0) is 285 Å². The van der Waals surface area contributed by atoms with Crippen LogP contribution < -0.4 is 16.4 Å². The molecule has 0 radical (unpaired) electrons. The monoisotopic (exact) mass is 1470 g/mol. The van der Waals surface area contributed by atoms with Crippen LogP contribution in [-0.2, 0) is 59.6 Å². The Labute approximate surface area is 670 Å². The van der Waals surface area contributed by atoms with Gasteiger partial charge in [-0.2, -0.15) is 0 Å². The number of rotatable bonds is 8. The zero-order valence-electron chi connectivity index (χ0n) is 72.5. The maximum atomic E-state index is 2.96. The lowest BCUT2D eigenvalue weighted by Gasteiger charge is -2.45. The molecule has 0 amide bonds. The third-order valence-electron chi connectivity index (χ3n) is 30.1. The van der Waals surface area contributed by atoms with Crippen molar-refractivity contribution in [1.82, 2.24) is 9.13 Å². The average Bonchev–Trinajstić information content (AvgIpc) is 1.43. The SMILES string of the molecule is CCC(C)(C)c1cc2c3c(c1)c1cc(C(C)(C)CC)cc4c1n3-c1c(ccc3c1B2c1c2ccccc2cc2c(-c5cc6c(cc5-c5cc(C(C)(C)C)cc(C(C)(C)C)c5)C(C)(C)CCC6(C)C)c(-c5cc6c(cc5-c5cc(C(C)(C)C)cc(C(C)(C)C)c5)C(C)(C)CCC6(C)C)n-3c12)C41c2ccccc2-c2ccccc21. The number of fused-ring (bicyclic) bond motifs is 15. The predicted molar refractivity (Wildman–Crippen MR) is 484 cm³/mol. The highest BCUT2D eigenvalue weighted by molar-refractivity contribution is 7.01. The van der Waals surface area contributed by atoms with E-state index >= 15 is 0 Å². The Balaban J connectivity index is 1.10. The fourth-order valence-corrected chi connectivity index (χ4v) is 21.9. The zero-order chi connectivity index (χ0) is 79.3. The molecule has 3 heteroatoms. The summed E-state index contributed by atoms with van der Waals surface area (Å²) in [5.74, 6) is 0. The van der Waals surface area contributed by atoms with E-state index in [1.54, 1.807) is 0 Å². The van der Waals surface area contributed by atoms with E-state index in [1.807, 2.05) is 0 Å². The quantitative estimate of drug-likeness (QED) is 0.134. The van der Waals surface area contributed by atoms with Crippen molar-refractivity contribution in [2.24, 2.45) is 0 Å². The number of hydrogen-bond acceptors (Lipinski definition) is 0. The molecule has 0 unspecified atom stereocenters. The lowest BCUT2D eigenvalue weighted by Crippen LogP contribution is -2.61. The van der Waals surface area contributed by atoms with Crippen LogP contribution in [0, 0.1) is 0 Å². The highest BCUT2D eigenvalue weighted by atomic mass is 15.1. The normalized spacial score (nSPS) is 17.3. The van der Waals surface area contributed by atoms with E-state index in [9.17, 15) is 0 Å². The molecule has 0 fully saturated rings. The van der Waals surface area contributed by atoms with Gasteiger partial charge in [0.05, 0.1) is 22.1 Å². The van der Waals surface area contributed by atoms with Gasteiger partial charge in [0.2, 0.25) is 0 Å². The summed E-state index contributed by atoms with van der Waals surface area (Å²) in [5, 5.41) is 6.69. The summed E-state index contributed by atoms with van der Waals surface area (Å²) in [7, 11) is 0. The number of aromatic nitrogens is 2. The molecule has 1 spiro atoms. The first-order valence-corrected chi connectivity index (χ1v) is 42.8. The van der Waals surface area contributed by atoms with Crippen LogP contribution in [0.2, 0.25) is 0 Å². The van der Waals surface area contributed by atoms with Crippen molar-refractivity contribution in [2.45, 2.75) is 278 Å². The molecule has 3 aliphatic heterocycles. The minimum Gasteiger partial charge on any atom is -0.310 e. The molecule has 19 rings (SSSR count). The van der Waals surface area contributed by atoms with E-state index < -0.39 is 5.41 Å². The average molecular weight is 1470 g/mol. The molecular formula is C109H119BN2. The molecule has 0 saturated carbocycles. The largest absolute Gasteiger partial charge is 0.310 e. The Morgan fingerprint density at radius 2 is 0.750 bits per heavy atom. The first-order valence-electron chi connectivity index (χ1n) is 42.8. The van der Waals surface area contributed by atoms with E-state index in [0.29, 0.717) is 0 Å². The van der Waals surface area contributed by atoms with Gasteiger partial charge in [-0.1, -0.05) is 307 Å². The highest BCUT2D eigenvalue weighted by Gasteiger charge is 2.56. The maximum Gasteiger partial charge on any atom is 0.253 e. The summed E-state index contributed by atoms with van der Waals surface area (Å²) in [6, 6.07) is 74.4. The Morgan fingerprint density at radius 3 is 1.23 bits per heavy atom. The van der Waals surface area contributed by atoms with Gasteiger partial charge in [-0.15, -0.1) is 0 Å². The third-order valence-corrected chi connectivity index (χ3v) is 30.1. The summed E-state index contributed by atoms with van der Waals surface area (Å²) < 4.78 is 5.85. The fourth-order valence-electron chi connectivity index (χ4n) is 21.9. The van der Waals surface area contributed by atoms with Gasteiger partial charge >= 0.3 is 0 Å². The zero-order valence-corrected chi connectivity index (χ0v) is 72.5. The van der Waals surface area contributed by atoms with Crippen molar-refractivity contribution in [3.05, 3.63) is 254 Å². The van der Waals surface area contributed by atoms with Crippen LogP contribution in [-0.4, -0.2) is 15.8 Å². The van der Waals surface area contributed by atoms with Crippen LogP contribution in [0.4, 0.5) is 0 Å². The lowest BCUT2D eigenvalue weighted by atomic mass is 9.33. The topological polar surface area (TPSA) is 9.86 Å². The fraction of sp³-hybridized carbons (Fsp3) is 0.394. The molecule has 0 bridgehead atoms. The number of benzene rings is 11. The molecule has 0 saturated heterocycles. The molecule has 0 N–H and O–H groups in total. The van der Waals surface area contributed by atoms with E-state index in [4.69, 9.17) is 0 Å². The van der Waals surface area contributed by atoms with Crippen LogP contribution in [0.1, 0.15) is 296 Å². The summed E-state index contributed by atoms with van der Waals surface area (Å²) >= 11 is 0. The van der Waals surface area contributed by atoms with Crippen molar-refractivity contribution in [2.75, 3.05) is 0 Å². The molecule has 2 aromatic heterocycles. The van der Waals surface area contributed by atoms with Crippen molar-refractivity contribution < 1.29 is 0 Å². The van der Waals surface area contributed by atoms with Gasteiger partial charge in [0.1, 0.15) is 0 Å². The van der Waals surface area contributed by atoms with Crippen LogP contribution in [0.5, 0.6) is 0 Å². The minimum atomic E-state index is -0.661. The second-order valence-electron chi connectivity index (χ2n) is 43.8. The first-order chi connectivity index (χ1) is 52.4. The van der Waals surface area contributed by atoms with Crippen molar-refractivity contribution >= 4 is 66.6 Å². The summed E-state index contributed by atoms with van der Waals surface area (Å²) in [5.41, 5.74) is 42.1. The Kier molecular flexibility index (Phi) is 15.2. The van der Waals surface area contributed by atoms with E-state index in [1.165, 1.54) is 205 Å². The highest BCUT2D eigenvalue weighted by Crippen LogP contribution is 2.64. The second-order valence-corrected chi connectivity index (χ2v) is 43.8. The van der Waals surface area contributed by atoms with Gasteiger partial charge < -0.3 is 9.13 Å². The van der Waals surface area contributed by atoms with Gasteiger partial charge in [0, 0.05) is 44.2 Å². The van der Waals surface area contributed by atoms with Crippen LogP contribution in [0.3, 0.4) is 0 Å².